The highest BCUT2D eigenvalue weighted by Gasteiger charge is 2.14. The van der Waals surface area contributed by atoms with E-state index in [1.807, 2.05) is 18.4 Å². The Hall–Kier alpha value is -2.30. The maximum absolute atomic E-state index is 12.1. The second-order valence-electron chi connectivity index (χ2n) is 4.36. The van der Waals surface area contributed by atoms with Gasteiger partial charge in [-0.15, -0.1) is 0 Å². The Bertz CT molecular complexity index is 545. The Labute approximate surface area is 106 Å². The zero-order valence-electron chi connectivity index (χ0n) is 10.4. The van der Waals surface area contributed by atoms with Crippen molar-refractivity contribution in [3.63, 3.8) is 0 Å². The van der Waals surface area contributed by atoms with Crippen molar-refractivity contribution in [1.29, 1.82) is 0 Å². The number of amides is 1. The molecule has 1 amide bonds. The molecule has 0 unspecified atom stereocenters. The van der Waals surface area contributed by atoms with Gasteiger partial charge in [-0.2, -0.15) is 0 Å². The summed E-state index contributed by atoms with van der Waals surface area (Å²) in [6, 6.07) is 5.41. The van der Waals surface area contributed by atoms with Gasteiger partial charge in [0.05, 0.1) is 17.6 Å². The molecule has 0 bridgehead atoms. The maximum atomic E-state index is 12.1. The molecule has 18 heavy (non-hydrogen) atoms. The molecule has 0 aromatic carbocycles. The number of hydrogen-bond acceptors (Lipinski definition) is 3. The number of nitrogens with zero attached hydrogens (tertiary/aromatic N) is 2. The van der Waals surface area contributed by atoms with Crippen molar-refractivity contribution >= 4 is 17.3 Å². The van der Waals surface area contributed by atoms with Gasteiger partial charge >= 0.3 is 0 Å². The fourth-order valence-electron chi connectivity index (χ4n) is 1.74. The fourth-order valence-corrected chi connectivity index (χ4v) is 1.74. The number of nitrogens with two attached hydrogens (primary N) is 1. The van der Waals surface area contributed by atoms with Crippen molar-refractivity contribution in [2.24, 2.45) is 0 Å². The second-order valence-corrected chi connectivity index (χ2v) is 4.36. The van der Waals surface area contributed by atoms with Gasteiger partial charge in [0.2, 0.25) is 0 Å². The Kier molecular flexibility index (Phi) is 3.32. The van der Waals surface area contributed by atoms with Crippen molar-refractivity contribution in [3.8, 4) is 0 Å². The van der Waals surface area contributed by atoms with Crippen molar-refractivity contribution in [1.82, 2.24) is 9.55 Å². The molecule has 5 heteroatoms. The van der Waals surface area contributed by atoms with E-state index >= 15 is 0 Å². The largest absolute Gasteiger partial charge is 0.397 e. The predicted molar refractivity (Wildman–Crippen MR) is 71.4 cm³/mol. The van der Waals surface area contributed by atoms with E-state index in [-0.39, 0.29) is 11.9 Å². The molecular weight excluding hydrogens is 228 g/mol. The minimum absolute atomic E-state index is 0.178. The summed E-state index contributed by atoms with van der Waals surface area (Å²) in [5.41, 5.74) is 7.53. The minimum Gasteiger partial charge on any atom is -0.397 e. The van der Waals surface area contributed by atoms with Gasteiger partial charge in [-0.3, -0.25) is 9.78 Å². The normalized spacial score (nSPS) is 10.6. The molecular formula is C13H16N4O. The zero-order valence-corrected chi connectivity index (χ0v) is 10.4. The summed E-state index contributed by atoms with van der Waals surface area (Å²) in [7, 11) is 0. The number of anilines is 2. The van der Waals surface area contributed by atoms with Crippen LogP contribution in [0, 0.1) is 0 Å². The molecule has 2 heterocycles. The molecule has 3 N–H and O–H groups in total. The predicted octanol–water partition coefficient (Wildman–Crippen LogP) is 2.30. The highest BCUT2D eigenvalue weighted by atomic mass is 16.1. The Morgan fingerprint density at radius 1 is 1.50 bits per heavy atom. The number of nitrogen functional groups attached to an aromatic ring is 1. The average Bonchev–Trinajstić information content (AvgIpc) is 2.73. The molecule has 0 saturated carbocycles. The Balaban J connectivity index is 2.24. The van der Waals surface area contributed by atoms with Crippen LogP contribution >= 0.6 is 0 Å². The van der Waals surface area contributed by atoms with Crippen LogP contribution < -0.4 is 11.1 Å². The molecule has 2 aromatic rings. The summed E-state index contributed by atoms with van der Waals surface area (Å²) in [5.74, 6) is -0.187. The number of hydrogen-bond donors (Lipinski definition) is 2. The SMILES string of the molecule is CC(C)n1cc(N)cc1C(=O)Nc1cccnc1. The van der Waals surface area contributed by atoms with Crippen LogP contribution in [0.5, 0.6) is 0 Å². The first-order valence-corrected chi connectivity index (χ1v) is 5.76. The van der Waals surface area contributed by atoms with Gasteiger partial charge in [-0.1, -0.05) is 0 Å². The van der Waals surface area contributed by atoms with Crippen molar-refractivity contribution in [3.05, 3.63) is 42.5 Å². The van der Waals surface area contributed by atoms with E-state index in [9.17, 15) is 4.79 Å². The molecule has 0 atom stereocenters. The summed E-state index contributed by atoms with van der Waals surface area (Å²) in [5, 5.41) is 2.79. The summed E-state index contributed by atoms with van der Waals surface area (Å²) < 4.78 is 1.85. The van der Waals surface area contributed by atoms with Crippen molar-refractivity contribution in [2.75, 3.05) is 11.1 Å². The number of pyridine rings is 1. The lowest BCUT2D eigenvalue weighted by Gasteiger charge is -2.12. The standard InChI is InChI=1S/C13H16N4O/c1-9(2)17-8-10(14)6-12(17)13(18)16-11-4-3-5-15-7-11/h3-9H,14H2,1-2H3,(H,16,18). The Morgan fingerprint density at radius 3 is 2.89 bits per heavy atom. The summed E-state index contributed by atoms with van der Waals surface area (Å²) in [4.78, 5) is 16.1. The van der Waals surface area contributed by atoms with Crippen molar-refractivity contribution in [2.45, 2.75) is 19.9 Å². The zero-order chi connectivity index (χ0) is 13.1. The summed E-state index contributed by atoms with van der Waals surface area (Å²) in [6.45, 7) is 4.00. The van der Waals surface area contributed by atoms with E-state index in [0.717, 1.165) is 0 Å². The number of carbonyl (C=O) groups excluding carboxylic acids is 1. The lowest BCUT2D eigenvalue weighted by atomic mass is 10.3. The second kappa shape index (κ2) is 4.91. The van der Waals surface area contributed by atoms with Gasteiger partial charge in [0, 0.05) is 18.4 Å². The molecule has 5 nitrogen and oxygen atoms in total. The Morgan fingerprint density at radius 2 is 2.28 bits per heavy atom. The first-order chi connectivity index (χ1) is 8.58. The van der Waals surface area contributed by atoms with E-state index in [1.54, 1.807) is 36.8 Å². The van der Waals surface area contributed by atoms with E-state index in [2.05, 4.69) is 10.3 Å². The summed E-state index contributed by atoms with van der Waals surface area (Å²) >= 11 is 0. The van der Waals surface area contributed by atoms with E-state index in [4.69, 9.17) is 5.73 Å². The third-order valence-corrected chi connectivity index (χ3v) is 2.58. The van der Waals surface area contributed by atoms with Gasteiger partial charge in [-0.25, -0.2) is 0 Å². The smallest absolute Gasteiger partial charge is 0.272 e. The number of aromatic nitrogens is 2. The number of nitrogens with one attached hydrogen (secondary N) is 1. The van der Waals surface area contributed by atoms with Crippen LogP contribution in [0.2, 0.25) is 0 Å². The fraction of sp³-hybridized carbons (Fsp3) is 0.231. The highest BCUT2D eigenvalue weighted by Crippen LogP contribution is 2.17. The highest BCUT2D eigenvalue weighted by molar-refractivity contribution is 6.03. The first kappa shape index (κ1) is 12.2. The van der Waals surface area contributed by atoms with Crippen LogP contribution in [0.4, 0.5) is 11.4 Å². The molecule has 0 fully saturated rings. The van der Waals surface area contributed by atoms with Gasteiger partial charge in [0.15, 0.2) is 0 Å². The molecule has 0 aliphatic carbocycles. The van der Waals surface area contributed by atoms with Gasteiger partial charge < -0.3 is 15.6 Å². The van der Waals surface area contributed by atoms with E-state index in [1.165, 1.54) is 0 Å². The first-order valence-electron chi connectivity index (χ1n) is 5.76. The monoisotopic (exact) mass is 244 g/mol. The van der Waals surface area contributed by atoms with Crippen molar-refractivity contribution < 1.29 is 4.79 Å². The van der Waals surface area contributed by atoms with Crippen LogP contribution in [-0.4, -0.2) is 15.5 Å². The quantitative estimate of drug-likeness (QED) is 0.870. The number of rotatable bonds is 3. The molecule has 0 spiro atoms. The third-order valence-electron chi connectivity index (χ3n) is 2.58. The molecule has 0 aliphatic heterocycles. The molecule has 0 saturated heterocycles. The molecule has 0 radical (unpaired) electrons. The van der Waals surface area contributed by atoms with Crippen LogP contribution in [0.15, 0.2) is 36.8 Å². The molecule has 94 valence electrons. The minimum atomic E-state index is -0.187. The summed E-state index contributed by atoms with van der Waals surface area (Å²) in [6.07, 6.45) is 5.02. The van der Waals surface area contributed by atoms with Crippen LogP contribution in [0.3, 0.4) is 0 Å². The van der Waals surface area contributed by atoms with E-state index in [0.29, 0.717) is 17.1 Å². The van der Waals surface area contributed by atoms with Crippen LogP contribution in [-0.2, 0) is 0 Å². The van der Waals surface area contributed by atoms with E-state index < -0.39 is 0 Å². The lowest BCUT2D eigenvalue weighted by Crippen LogP contribution is -2.17. The van der Waals surface area contributed by atoms with Gasteiger partial charge in [-0.05, 0) is 32.0 Å². The number of carbonyl (C=O) groups is 1. The van der Waals surface area contributed by atoms with Gasteiger partial charge in [0.1, 0.15) is 5.69 Å². The topological polar surface area (TPSA) is 72.9 Å². The average molecular weight is 244 g/mol. The lowest BCUT2D eigenvalue weighted by molar-refractivity contribution is 0.101. The van der Waals surface area contributed by atoms with Crippen LogP contribution in [0.25, 0.3) is 0 Å². The molecule has 2 aromatic heterocycles. The molecule has 2 rings (SSSR count). The van der Waals surface area contributed by atoms with Gasteiger partial charge in [0.25, 0.3) is 5.91 Å². The maximum Gasteiger partial charge on any atom is 0.272 e. The third kappa shape index (κ3) is 2.51. The van der Waals surface area contributed by atoms with Crippen LogP contribution in [0.1, 0.15) is 30.4 Å². The molecule has 0 aliphatic rings.